The summed E-state index contributed by atoms with van der Waals surface area (Å²) in [6.07, 6.45) is 9.65. The Labute approximate surface area is 185 Å². The van der Waals surface area contributed by atoms with Crippen molar-refractivity contribution in [2.75, 3.05) is 0 Å². The van der Waals surface area contributed by atoms with Gasteiger partial charge in [-0.25, -0.2) is 11.6 Å². The van der Waals surface area contributed by atoms with Gasteiger partial charge in [-0.15, -0.1) is 71.0 Å². The molecule has 4 rings (SSSR count). The number of fused-ring (bicyclic) bond motifs is 3. The minimum absolute atomic E-state index is 0. The Hall–Kier alpha value is -0.530. The summed E-state index contributed by atoms with van der Waals surface area (Å²) in [6.45, 7) is 6.77. The van der Waals surface area contributed by atoms with Crippen LogP contribution in [0.1, 0.15) is 19.8 Å². The van der Waals surface area contributed by atoms with Crippen LogP contribution in [0.4, 0.5) is 0 Å². The quantitative estimate of drug-likeness (QED) is 0.251. The van der Waals surface area contributed by atoms with E-state index in [0.717, 1.165) is 12.8 Å². The van der Waals surface area contributed by atoms with Gasteiger partial charge in [0.2, 0.25) is 0 Å². The van der Waals surface area contributed by atoms with Crippen LogP contribution in [0.2, 0.25) is 13.1 Å². The normalized spacial score (nSPS) is 11.3. The average molecular weight is 481 g/mol. The van der Waals surface area contributed by atoms with Gasteiger partial charge in [0.1, 0.15) is 0 Å². The van der Waals surface area contributed by atoms with Crippen LogP contribution in [0.5, 0.6) is 0 Å². The molecular weight excluding hydrogens is 454 g/mol. The van der Waals surface area contributed by atoms with Crippen molar-refractivity contribution in [2.45, 2.75) is 32.9 Å². The van der Waals surface area contributed by atoms with E-state index in [1.54, 1.807) is 23.3 Å². The second-order valence-electron chi connectivity index (χ2n) is 5.98. The molecule has 0 radical (unpaired) electrons. The van der Waals surface area contributed by atoms with Gasteiger partial charge in [-0.2, -0.15) is 6.08 Å². The van der Waals surface area contributed by atoms with Crippen LogP contribution in [0.15, 0.2) is 72.3 Å². The fourth-order valence-electron chi connectivity index (χ4n) is 2.60. The molecule has 0 N–H and O–H groups in total. The van der Waals surface area contributed by atoms with E-state index in [1.165, 1.54) is 27.1 Å². The molecule has 0 atom stereocenters. The summed E-state index contributed by atoms with van der Waals surface area (Å²) in [7, 11) is 0. The number of allylic oxidation sites excluding steroid dienone is 4. The van der Waals surface area contributed by atoms with Crippen LogP contribution in [-0.2, 0) is 23.3 Å². The molecule has 0 bridgehead atoms. The SMILES string of the molecule is CCC1=[C-]CC=C1.C[Si](C)=[Zr+2].Cl.Cl.c1ccc2c(c1)[cH-]c1ccccc12. The first-order valence-corrected chi connectivity index (χ1v) is 14.6. The van der Waals surface area contributed by atoms with Crippen LogP contribution < -0.4 is 0 Å². The smallest absolute Gasteiger partial charge is 0.0771 e. The van der Waals surface area contributed by atoms with Gasteiger partial charge >= 0.3 is 41.9 Å². The average Bonchev–Trinajstić information content (AvgIpc) is 3.22. The molecule has 0 nitrogen and oxygen atoms in total. The van der Waals surface area contributed by atoms with Crippen molar-refractivity contribution in [3.8, 4) is 0 Å². The minimum Gasteiger partial charge on any atom is -0.147 e. The molecule has 0 fully saturated rings. The van der Waals surface area contributed by atoms with E-state index >= 15 is 0 Å². The van der Waals surface area contributed by atoms with Crippen LogP contribution in [0.25, 0.3) is 21.5 Å². The molecule has 136 valence electrons. The molecule has 0 spiro atoms. The standard InChI is InChI=1S/C13H9.C7H9.C2H6Si.2ClH.Zr/c1-3-7-12-10(5-1)9-11-6-2-4-8-13(11)12;1-2-7-5-3-4-6-7;1-3-2;;;/h1-9H;3,5H,2,4H2,1H3;1-2H3;2*1H;/q2*-1;;;;+2. The summed E-state index contributed by atoms with van der Waals surface area (Å²) in [5.41, 5.74) is 1.57. The predicted molar refractivity (Wildman–Crippen MR) is 120 cm³/mol. The van der Waals surface area contributed by atoms with Crippen molar-refractivity contribution in [2.24, 2.45) is 0 Å². The zero-order valence-electron chi connectivity index (χ0n) is 15.6. The van der Waals surface area contributed by atoms with Crippen molar-refractivity contribution < 1.29 is 23.3 Å². The Kier molecular flexibility index (Phi) is 13.3. The van der Waals surface area contributed by atoms with Gasteiger partial charge in [-0.1, -0.05) is 49.7 Å². The first kappa shape index (κ1) is 25.5. The molecule has 0 aromatic heterocycles. The molecule has 0 amide bonds. The maximum Gasteiger partial charge on any atom is -0.0771 e. The summed E-state index contributed by atoms with van der Waals surface area (Å²) >= 11 is 1.74. The Bertz CT molecular complexity index is 824. The second-order valence-corrected chi connectivity index (χ2v) is 15.4. The predicted octanol–water partition coefficient (Wildman–Crippen LogP) is 7.43. The van der Waals surface area contributed by atoms with Crippen molar-refractivity contribution in [1.82, 2.24) is 0 Å². The maximum atomic E-state index is 3.21. The van der Waals surface area contributed by atoms with E-state index in [4.69, 9.17) is 0 Å². The van der Waals surface area contributed by atoms with Gasteiger partial charge in [0.15, 0.2) is 0 Å². The van der Waals surface area contributed by atoms with Crippen molar-refractivity contribution in [1.29, 1.82) is 0 Å². The molecule has 0 saturated carbocycles. The van der Waals surface area contributed by atoms with E-state index in [1.807, 2.05) is 0 Å². The summed E-state index contributed by atoms with van der Waals surface area (Å²) in [5.74, 6) is 0. The van der Waals surface area contributed by atoms with Crippen LogP contribution in [-0.4, -0.2) is 5.43 Å². The first-order valence-electron chi connectivity index (χ1n) is 8.43. The monoisotopic (exact) mass is 478 g/mol. The van der Waals surface area contributed by atoms with Gasteiger partial charge < -0.3 is 0 Å². The van der Waals surface area contributed by atoms with Crippen LogP contribution in [0.3, 0.4) is 0 Å². The molecule has 3 aromatic rings. The van der Waals surface area contributed by atoms with E-state index in [-0.39, 0.29) is 30.2 Å². The van der Waals surface area contributed by atoms with Crippen LogP contribution in [0, 0.1) is 6.08 Å². The summed E-state index contributed by atoms with van der Waals surface area (Å²) in [4.78, 5) is 0. The molecule has 1 aliphatic rings. The number of rotatable bonds is 1. The number of hydrogen-bond donors (Lipinski definition) is 0. The summed E-state index contributed by atoms with van der Waals surface area (Å²) in [6, 6.07) is 19.3. The van der Waals surface area contributed by atoms with Crippen molar-refractivity contribution in [3.63, 3.8) is 0 Å². The van der Waals surface area contributed by atoms with E-state index in [0.29, 0.717) is 0 Å². The van der Waals surface area contributed by atoms with Crippen LogP contribution >= 0.6 is 24.8 Å². The Morgan fingerprint density at radius 1 is 0.962 bits per heavy atom. The van der Waals surface area contributed by atoms with Gasteiger partial charge in [0, 0.05) is 0 Å². The van der Waals surface area contributed by atoms with Gasteiger partial charge in [-0.3, -0.25) is 6.08 Å². The molecule has 26 heavy (non-hydrogen) atoms. The van der Waals surface area contributed by atoms with Gasteiger partial charge in [-0.05, 0) is 0 Å². The molecule has 0 unspecified atom stereocenters. The molecule has 1 aliphatic carbocycles. The molecule has 3 aromatic carbocycles. The van der Waals surface area contributed by atoms with E-state index < -0.39 is 0 Å². The van der Waals surface area contributed by atoms with E-state index in [9.17, 15) is 0 Å². The fourth-order valence-corrected chi connectivity index (χ4v) is 2.60. The molecule has 0 aliphatic heterocycles. The zero-order valence-corrected chi connectivity index (χ0v) is 20.7. The minimum atomic E-state index is 0. The number of halogens is 2. The third-order valence-electron chi connectivity index (χ3n) is 3.67. The maximum absolute atomic E-state index is 3.21. The topological polar surface area (TPSA) is 0 Å². The van der Waals surface area contributed by atoms with Gasteiger partial charge in [0.25, 0.3) is 0 Å². The summed E-state index contributed by atoms with van der Waals surface area (Å²) in [5, 5.41) is 5.39. The number of benzene rings is 2. The summed E-state index contributed by atoms with van der Waals surface area (Å²) < 4.78 is 0. The number of hydrogen-bond acceptors (Lipinski definition) is 0. The fraction of sp³-hybridized carbons (Fsp3) is 0.227. The van der Waals surface area contributed by atoms with Crippen molar-refractivity contribution in [3.05, 3.63) is 78.4 Å². The van der Waals surface area contributed by atoms with Crippen molar-refractivity contribution >= 4 is 51.8 Å². The zero-order chi connectivity index (χ0) is 17.4. The molecule has 0 heterocycles. The largest absolute Gasteiger partial charge is 0.147 e. The molecular formula is C22H26Cl2SiZr. The Morgan fingerprint density at radius 3 is 1.77 bits per heavy atom. The first-order chi connectivity index (χ1) is 11.6. The van der Waals surface area contributed by atoms with Gasteiger partial charge in [0.05, 0.1) is 0 Å². The second kappa shape index (κ2) is 13.6. The third kappa shape index (κ3) is 8.01. The molecule has 4 heteroatoms. The third-order valence-corrected chi connectivity index (χ3v) is 3.67. The molecule has 0 saturated heterocycles. The Morgan fingerprint density at radius 2 is 1.42 bits per heavy atom. The Balaban J connectivity index is 0.000000415. The van der Waals surface area contributed by atoms with E-state index in [2.05, 4.69) is 92.8 Å².